The fourth-order valence-electron chi connectivity index (χ4n) is 2.14. The summed E-state index contributed by atoms with van der Waals surface area (Å²) >= 11 is 1.69. The van der Waals surface area contributed by atoms with Crippen molar-refractivity contribution in [2.24, 2.45) is 0 Å². The van der Waals surface area contributed by atoms with E-state index in [1.54, 1.807) is 37.1 Å². The fourth-order valence-corrected chi connectivity index (χ4v) is 3.13. The number of methoxy groups -OCH3 is 1. The van der Waals surface area contributed by atoms with Crippen LogP contribution in [0.3, 0.4) is 0 Å². The summed E-state index contributed by atoms with van der Waals surface area (Å²) in [7, 11) is 1.60. The molecule has 0 fully saturated rings. The van der Waals surface area contributed by atoms with Crippen molar-refractivity contribution in [1.29, 1.82) is 0 Å². The van der Waals surface area contributed by atoms with Crippen LogP contribution in [-0.4, -0.2) is 18.2 Å². The van der Waals surface area contributed by atoms with Crippen molar-refractivity contribution in [3.8, 4) is 5.75 Å². The Kier molecular flexibility index (Phi) is 4.91. The number of aromatic carboxylic acids is 1. The second-order valence-corrected chi connectivity index (χ2v) is 5.91. The normalized spacial score (nSPS) is 10.4. The summed E-state index contributed by atoms with van der Waals surface area (Å²) in [6, 6.07) is 11.3. The van der Waals surface area contributed by atoms with Gasteiger partial charge in [0.2, 0.25) is 0 Å². The number of ether oxygens (including phenoxy) is 1. The first-order valence-corrected chi connectivity index (χ1v) is 7.60. The highest BCUT2D eigenvalue weighted by atomic mass is 32.2. The highest BCUT2D eigenvalue weighted by Gasteiger charge is 2.10. The molecule has 0 aliphatic carbocycles. The molecule has 0 bridgehead atoms. The van der Waals surface area contributed by atoms with E-state index in [-0.39, 0.29) is 5.56 Å². The van der Waals surface area contributed by atoms with Crippen molar-refractivity contribution in [2.45, 2.75) is 24.5 Å². The molecular weight excluding hydrogens is 284 g/mol. The summed E-state index contributed by atoms with van der Waals surface area (Å²) in [4.78, 5) is 12.3. The predicted molar refractivity (Wildman–Crippen MR) is 85.4 cm³/mol. The van der Waals surface area contributed by atoms with Crippen LogP contribution >= 0.6 is 11.8 Å². The first kappa shape index (κ1) is 15.4. The zero-order chi connectivity index (χ0) is 15.4. The third-order valence-corrected chi connectivity index (χ3v) is 4.47. The molecule has 0 heterocycles. The smallest absolute Gasteiger partial charge is 0.335 e. The van der Waals surface area contributed by atoms with Gasteiger partial charge in [-0.05, 0) is 43.7 Å². The third-order valence-electron chi connectivity index (χ3n) is 3.24. The van der Waals surface area contributed by atoms with Gasteiger partial charge in [0, 0.05) is 16.2 Å². The van der Waals surface area contributed by atoms with Crippen LogP contribution in [0.4, 0.5) is 0 Å². The van der Waals surface area contributed by atoms with Gasteiger partial charge in [-0.25, -0.2) is 4.79 Å². The van der Waals surface area contributed by atoms with Crippen molar-refractivity contribution in [2.75, 3.05) is 7.11 Å². The Morgan fingerprint density at radius 1 is 1.19 bits per heavy atom. The minimum absolute atomic E-state index is 0.284. The van der Waals surface area contributed by atoms with Crippen LogP contribution in [0.1, 0.15) is 27.0 Å². The van der Waals surface area contributed by atoms with Gasteiger partial charge in [0.1, 0.15) is 5.75 Å². The quantitative estimate of drug-likeness (QED) is 0.836. The molecular formula is C17H18O3S. The van der Waals surface area contributed by atoms with Crippen molar-refractivity contribution >= 4 is 17.7 Å². The van der Waals surface area contributed by atoms with Crippen molar-refractivity contribution in [1.82, 2.24) is 0 Å². The van der Waals surface area contributed by atoms with E-state index in [1.165, 1.54) is 16.0 Å². The zero-order valence-electron chi connectivity index (χ0n) is 12.3. The first-order valence-electron chi connectivity index (χ1n) is 6.61. The van der Waals surface area contributed by atoms with Gasteiger partial charge in [-0.3, -0.25) is 0 Å². The summed E-state index contributed by atoms with van der Waals surface area (Å²) in [5.74, 6) is 0.474. The summed E-state index contributed by atoms with van der Waals surface area (Å²) in [6.45, 7) is 4.15. The molecule has 4 heteroatoms. The molecule has 0 saturated heterocycles. The van der Waals surface area contributed by atoms with Crippen LogP contribution in [0.2, 0.25) is 0 Å². The van der Waals surface area contributed by atoms with E-state index in [4.69, 9.17) is 9.84 Å². The second kappa shape index (κ2) is 6.68. The molecule has 2 aromatic carbocycles. The maximum Gasteiger partial charge on any atom is 0.335 e. The standard InChI is InChI=1S/C17H18O3S/c1-11-4-7-16(12(2)8-11)21-10-14-9-13(17(18)19)5-6-15(14)20-3/h4-9H,10H2,1-3H3,(H,18,19). The van der Waals surface area contributed by atoms with E-state index in [9.17, 15) is 4.79 Å². The molecule has 0 unspecified atom stereocenters. The van der Waals surface area contributed by atoms with E-state index in [0.717, 1.165) is 11.3 Å². The number of hydrogen-bond donors (Lipinski definition) is 1. The summed E-state index contributed by atoms with van der Waals surface area (Å²) in [5, 5.41) is 9.09. The number of carboxylic acid groups (broad SMARTS) is 1. The second-order valence-electron chi connectivity index (χ2n) is 4.89. The van der Waals surface area contributed by atoms with Crippen molar-refractivity contribution in [3.05, 3.63) is 58.7 Å². The molecule has 0 radical (unpaired) electrons. The Hall–Kier alpha value is -1.94. The van der Waals surface area contributed by atoms with Gasteiger partial charge < -0.3 is 9.84 Å². The third kappa shape index (κ3) is 3.79. The van der Waals surface area contributed by atoms with Crippen LogP contribution < -0.4 is 4.74 Å². The first-order chi connectivity index (χ1) is 10.0. The average Bonchev–Trinajstić information content (AvgIpc) is 2.46. The lowest BCUT2D eigenvalue weighted by molar-refractivity contribution is 0.0696. The molecule has 0 saturated carbocycles. The maximum atomic E-state index is 11.1. The molecule has 0 atom stereocenters. The van der Waals surface area contributed by atoms with Crippen LogP contribution in [0, 0.1) is 13.8 Å². The number of rotatable bonds is 5. The van der Waals surface area contributed by atoms with Crippen LogP contribution in [0.15, 0.2) is 41.3 Å². The fraction of sp³-hybridized carbons (Fsp3) is 0.235. The van der Waals surface area contributed by atoms with Crippen LogP contribution in [0.25, 0.3) is 0 Å². The molecule has 0 amide bonds. The van der Waals surface area contributed by atoms with E-state index in [1.807, 2.05) is 0 Å². The van der Waals surface area contributed by atoms with Gasteiger partial charge in [-0.2, -0.15) is 0 Å². The van der Waals surface area contributed by atoms with E-state index >= 15 is 0 Å². The average molecular weight is 302 g/mol. The van der Waals surface area contributed by atoms with E-state index < -0.39 is 5.97 Å². The van der Waals surface area contributed by atoms with Gasteiger partial charge in [0.05, 0.1) is 12.7 Å². The topological polar surface area (TPSA) is 46.5 Å². The number of thioether (sulfide) groups is 1. The Morgan fingerprint density at radius 3 is 2.57 bits per heavy atom. The highest BCUT2D eigenvalue weighted by Crippen LogP contribution is 2.31. The van der Waals surface area contributed by atoms with Gasteiger partial charge in [-0.1, -0.05) is 17.7 Å². The molecule has 0 aliphatic heterocycles. The molecule has 0 aromatic heterocycles. The summed E-state index contributed by atoms with van der Waals surface area (Å²) in [6.07, 6.45) is 0. The number of benzene rings is 2. The number of aryl methyl sites for hydroxylation is 2. The maximum absolute atomic E-state index is 11.1. The van der Waals surface area contributed by atoms with E-state index in [0.29, 0.717) is 5.75 Å². The van der Waals surface area contributed by atoms with Crippen LogP contribution in [-0.2, 0) is 5.75 Å². The van der Waals surface area contributed by atoms with Gasteiger partial charge in [0.25, 0.3) is 0 Å². The predicted octanol–water partition coefficient (Wildman–Crippen LogP) is 4.30. The highest BCUT2D eigenvalue weighted by molar-refractivity contribution is 7.98. The van der Waals surface area contributed by atoms with Gasteiger partial charge in [-0.15, -0.1) is 11.8 Å². The SMILES string of the molecule is COc1ccc(C(=O)O)cc1CSc1ccc(C)cc1C. The lowest BCUT2D eigenvalue weighted by atomic mass is 10.1. The Labute approximate surface area is 129 Å². The van der Waals surface area contributed by atoms with Crippen LogP contribution in [0.5, 0.6) is 5.75 Å². The number of carbonyl (C=O) groups is 1. The minimum Gasteiger partial charge on any atom is -0.496 e. The Bertz CT molecular complexity index is 665. The van der Waals surface area contributed by atoms with Crippen molar-refractivity contribution in [3.63, 3.8) is 0 Å². The largest absolute Gasteiger partial charge is 0.496 e. The zero-order valence-corrected chi connectivity index (χ0v) is 13.2. The van der Waals surface area contributed by atoms with Gasteiger partial charge >= 0.3 is 5.97 Å². The molecule has 2 aromatic rings. The molecule has 21 heavy (non-hydrogen) atoms. The number of carboxylic acids is 1. The van der Waals surface area contributed by atoms with E-state index in [2.05, 4.69) is 32.0 Å². The van der Waals surface area contributed by atoms with Gasteiger partial charge in [0.15, 0.2) is 0 Å². The lowest BCUT2D eigenvalue weighted by Crippen LogP contribution is -1.99. The molecule has 1 N–H and O–H groups in total. The summed E-state index contributed by atoms with van der Waals surface area (Å²) in [5.41, 5.74) is 3.64. The monoisotopic (exact) mass is 302 g/mol. The molecule has 0 spiro atoms. The Morgan fingerprint density at radius 2 is 1.95 bits per heavy atom. The molecule has 110 valence electrons. The number of hydrogen-bond acceptors (Lipinski definition) is 3. The van der Waals surface area contributed by atoms with Crippen molar-refractivity contribution < 1.29 is 14.6 Å². The Balaban J connectivity index is 2.22. The summed E-state index contributed by atoms with van der Waals surface area (Å²) < 4.78 is 5.31. The molecule has 2 rings (SSSR count). The lowest BCUT2D eigenvalue weighted by Gasteiger charge is -2.11. The molecule has 3 nitrogen and oxygen atoms in total. The minimum atomic E-state index is -0.921. The molecule has 0 aliphatic rings.